The van der Waals surface area contributed by atoms with Crippen molar-refractivity contribution in [3.05, 3.63) is 27.2 Å². The van der Waals surface area contributed by atoms with Gasteiger partial charge in [0.15, 0.2) is 0 Å². The number of nitrogens with one attached hydrogen (secondary N) is 1. The Morgan fingerprint density at radius 3 is 2.35 bits per heavy atom. The second-order valence-corrected chi connectivity index (χ2v) is 5.44. The standard InChI is InChI=1S/C12H15Cl3N2/c13-9-7-11(15)12(8-10(9)14)16-3-6-17-4-1-2-5-17/h7-8,16H,1-6H2. The molecule has 1 N–H and O–H groups in total. The van der Waals surface area contributed by atoms with Crippen LogP contribution >= 0.6 is 34.8 Å². The van der Waals surface area contributed by atoms with Crippen LogP contribution in [0.15, 0.2) is 12.1 Å². The first-order valence-corrected chi connectivity index (χ1v) is 6.91. The Kier molecular flexibility index (Phi) is 4.80. The van der Waals surface area contributed by atoms with Gasteiger partial charge in [0.25, 0.3) is 0 Å². The van der Waals surface area contributed by atoms with Crippen molar-refractivity contribution < 1.29 is 0 Å². The van der Waals surface area contributed by atoms with Gasteiger partial charge in [-0.3, -0.25) is 0 Å². The summed E-state index contributed by atoms with van der Waals surface area (Å²) in [6.07, 6.45) is 2.63. The van der Waals surface area contributed by atoms with E-state index in [-0.39, 0.29) is 0 Å². The zero-order valence-corrected chi connectivity index (χ0v) is 11.7. The average Bonchev–Trinajstić information content (AvgIpc) is 2.78. The van der Waals surface area contributed by atoms with Crippen molar-refractivity contribution >= 4 is 40.5 Å². The smallest absolute Gasteiger partial charge is 0.0653 e. The van der Waals surface area contributed by atoms with Crippen LogP contribution in [0.4, 0.5) is 5.69 Å². The van der Waals surface area contributed by atoms with Gasteiger partial charge >= 0.3 is 0 Å². The number of hydrogen-bond donors (Lipinski definition) is 1. The Bertz CT molecular complexity index is 390. The van der Waals surface area contributed by atoms with Crippen molar-refractivity contribution in [3.63, 3.8) is 0 Å². The molecule has 0 bridgehead atoms. The molecule has 1 heterocycles. The maximum absolute atomic E-state index is 6.08. The molecular formula is C12H15Cl3N2. The molecule has 0 radical (unpaired) electrons. The minimum atomic E-state index is 0.488. The van der Waals surface area contributed by atoms with Crippen LogP contribution in [-0.2, 0) is 0 Å². The zero-order chi connectivity index (χ0) is 12.3. The number of hydrogen-bond acceptors (Lipinski definition) is 2. The molecule has 0 aromatic heterocycles. The lowest BCUT2D eigenvalue weighted by Gasteiger charge is -2.16. The molecule has 94 valence electrons. The molecule has 0 spiro atoms. The normalized spacial score (nSPS) is 16.4. The second kappa shape index (κ2) is 6.14. The van der Waals surface area contributed by atoms with Crippen molar-refractivity contribution in [1.29, 1.82) is 0 Å². The molecule has 1 saturated heterocycles. The third-order valence-electron chi connectivity index (χ3n) is 2.95. The summed E-state index contributed by atoms with van der Waals surface area (Å²) < 4.78 is 0. The first-order valence-electron chi connectivity index (χ1n) is 5.77. The van der Waals surface area contributed by atoms with Crippen LogP contribution in [0, 0.1) is 0 Å². The van der Waals surface area contributed by atoms with E-state index >= 15 is 0 Å². The quantitative estimate of drug-likeness (QED) is 0.839. The lowest BCUT2D eigenvalue weighted by atomic mass is 10.3. The summed E-state index contributed by atoms with van der Waals surface area (Å²) >= 11 is 17.9. The van der Waals surface area contributed by atoms with Crippen LogP contribution in [0.3, 0.4) is 0 Å². The van der Waals surface area contributed by atoms with E-state index in [0.29, 0.717) is 15.1 Å². The Morgan fingerprint density at radius 2 is 1.65 bits per heavy atom. The molecule has 1 aromatic carbocycles. The molecule has 0 atom stereocenters. The number of benzene rings is 1. The van der Waals surface area contributed by atoms with Crippen LogP contribution in [0.5, 0.6) is 0 Å². The largest absolute Gasteiger partial charge is 0.383 e. The highest BCUT2D eigenvalue weighted by Gasteiger charge is 2.11. The zero-order valence-electron chi connectivity index (χ0n) is 9.48. The van der Waals surface area contributed by atoms with E-state index in [4.69, 9.17) is 34.8 Å². The number of anilines is 1. The maximum Gasteiger partial charge on any atom is 0.0653 e. The Labute approximate surface area is 117 Å². The van der Waals surface area contributed by atoms with Gasteiger partial charge in [-0.2, -0.15) is 0 Å². The van der Waals surface area contributed by atoms with E-state index in [2.05, 4.69) is 10.2 Å². The molecule has 5 heteroatoms. The SMILES string of the molecule is Clc1cc(Cl)c(NCCN2CCCC2)cc1Cl. The van der Waals surface area contributed by atoms with Gasteiger partial charge in [-0.05, 0) is 38.1 Å². The topological polar surface area (TPSA) is 15.3 Å². The van der Waals surface area contributed by atoms with Crippen LogP contribution in [0.1, 0.15) is 12.8 Å². The van der Waals surface area contributed by atoms with E-state index in [1.54, 1.807) is 12.1 Å². The van der Waals surface area contributed by atoms with E-state index in [9.17, 15) is 0 Å². The van der Waals surface area contributed by atoms with Gasteiger partial charge in [0, 0.05) is 13.1 Å². The van der Waals surface area contributed by atoms with Gasteiger partial charge in [0.1, 0.15) is 0 Å². The monoisotopic (exact) mass is 292 g/mol. The maximum atomic E-state index is 6.08. The highest BCUT2D eigenvalue weighted by molar-refractivity contribution is 6.44. The Balaban J connectivity index is 1.87. The first-order chi connectivity index (χ1) is 8.16. The Hall–Kier alpha value is -0.150. The number of rotatable bonds is 4. The Morgan fingerprint density at radius 1 is 1.00 bits per heavy atom. The van der Waals surface area contributed by atoms with Gasteiger partial charge in [-0.1, -0.05) is 34.8 Å². The summed E-state index contributed by atoms with van der Waals surface area (Å²) in [4.78, 5) is 2.44. The van der Waals surface area contributed by atoms with Crippen LogP contribution < -0.4 is 5.32 Å². The first kappa shape index (κ1) is 13.3. The van der Waals surface area contributed by atoms with E-state index < -0.39 is 0 Å². The second-order valence-electron chi connectivity index (χ2n) is 4.22. The lowest BCUT2D eigenvalue weighted by molar-refractivity contribution is 0.352. The van der Waals surface area contributed by atoms with Crippen molar-refractivity contribution in [1.82, 2.24) is 4.90 Å². The highest BCUT2D eigenvalue weighted by Crippen LogP contribution is 2.32. The van der Waals surface area contributed by atoms with Crippen molar-refractivity contribution in [2.45, 2.75) is 12.8 Å². The fourth-order valence-corrected chi connectivity index (χ4v) is 2.63. The summed E-state index contributed by atoms with van der Waals surface area (Å²) in [6.45, 7) is 4.32. The lowest BCUT2D eigenvalue weighted by Crippen LogP contribution is -2.26. The third-order valence-corrected chi connectivity index (χ3v) is 3.99. The minimum Gasteiger partial charge on any atom is -0.383 e. The molecule has 2 rings (SSSR count). The molecule has 1 aliphatic heterocycles. The molecule has 0 unspecified atom stereocenters. The third kappa shape index (κ3) is 3.65. The molecule has 1 aliphatic rings. The summed E-state index contributed by atoms with van der Waals surface area (Å²) in [5.74, 6) is 0. The minimum absolute atomic E-state index is 0.488. The summed E-state index contributed by atoms with van der Waals surface area (Å²) in [7, 11) is 0. The molecular weight excluding hydrogens is 279 g/mol. The molecule has 17 heavy (non-hydrogen) atoms. The number of nitrogens with zero attached hydrogens (tertiary/aromatic N) is 1. The fraction of sp³-hybridized carbons (Fsp3) is 0.500. The van der Waals surface area contributed by atoms with E-state index in [0.717, 1.165) is 18.8 Å². The van der Waals surface area contributed by atoms with Crippen LogP contribution in [0.2, 0.25) is 15.1 Å². The molecule has 2 nitrogen and oxygen atoms in total. The van der Waals surface area contributed by atoms with E-state index in [1.165, 1.54) is 25.9 Å². The number of halogens is 3. The number of likely N-dealkylation sites (tertiary alicyclic amines) is 1. The summed E-state index contributed by atoms with van der Waals surface area (Å²) in [6, 6.07) is 3.44. The van der Waals surface area contributed by atoms with Crippen molar-refractivity contribution in [2.24, 2.45) is 0 Å². The van der Waals surface area contributed by atoms with Crippen LogP contribution in [0.25, 0.3) is 0 Å². The van der Waals surface area contributed by atoms with Gasteiger partial charge in [0.05, 0.1) is 20.8 Å². The molecule has 0 amide bonds. The molecule has 0 aliphatic carbocycles. The van der Waals surface area contributed by atoms with Gasteiger partial charge < -0.3 is 10.2 Å². The van der Waals surface area contributed by atoms with Gasteiger partial charge in [0.2, 0.25) is 0 Å². The van der Waals surface area contributed by atoms with Crippen molar-refractivity contribution in [2.75, 3.05) is 31.5 Å². The van der Waals surface area contributed by atoms with Crippen LogP contribution in [-0.4, -0.2) is 31.1 Å². The average molecular weight is 294 g/mol. The van der Waals surface area contributed by atoms with Gasteiger partial charge in [-0.15, -0.1) is 0 Å². The molecule has 1 aromatic rings. The van der Waals surface area contributed by atoms with Crippen molar-refractivity contribution in [3.8, 4) is 0 Å². The fourth-order valence-electron chi connectivity index (χ4n) is 2.01. The molecule has 1 fully saturated rings. The highest BCUT2D eigenvalue weighted by atomic mass is 35.5. The molecule has 0 saturated carbocycles. The van der Waals surface area contributed by atoms with E-state index in [1.807, 2.05) is 0 Å². The van der Waals surface area contributed by atoms with Gasteiger partial charge in [-0.25, -0.2) is 0 Å². The summed E-state index contributed by atoms with van der Waals surface area (Å²) in [5.41, 5.74) is 0.847. The predicted octanol–water partition coefficient (Wildman–Crippen LogP) is 4.15. The predicted molar refractivity (Wildman–Crippen MR) is 75.6 cm³/mol. The summed E-state index contributed by atoms with van der Waals surface area (Å²) in [5, 5.41) is 4.92.